The lowest BCUT2D eigenvalue weighted by Crippen LogP contribution is -2.44. The summed E-state index contributed by atoms with van der Waals surface area (Å²) >= 11 is 0. The third kappa shape index (κ3) is 2.90. The first-order valence-corrected chi connectivity index (χ1v) is 9.31. The molecule has 27 heavy (non-hydrogen) atoms. The van der Waals surface area contributed by atoms with Crippen LogP contribution in [0, 0.1) is 0 Å². The average molecular weight is 366 g/mol. The summed E-state index contributed by atoms with van der Waals surface area (Å²) in [5.41, 5.74) is 4.30. The second kappa shape index (κ2) is 6.79. The van der Waals surface area contributed by atoms with Crippen molar-refractivity contribution < 1.29 is 9.47 Å². The van der Waals surface area contributed by atoms with Crippen LogP contribution < -0.4 is 4.90 Å². The minimum absolute atomic E-state index is 0.277. The zero-order chi connectivity index (χ0) is 18.2. The van der Waals surface area contributed by atoms with Crippen molar-refractivity contribution in [2.75, 3.05) is 37.9 Å². The summed E-state index contributed by atoms with van der Waals surface area (Å²) in [5, 5.41) is 12.0. The number of aromatic nitrogens is 5. The average Bonchev–Trinajstić information content (AvgIpc) is 3.38. The Hall–Kier alpha value is -2.71. The van der Waals surface area contributed by atoms with Crippen LogP contribution in [0.15, 0.2) is 30.6 Å². The van der Waals surface area contributed by atoms with Crippen molar-refractivity contribution >= 4 is 16.9 Å². The molecule has 0 aromatic carbocycles. The van der Waals surface area contributed by atoms with Gasteiger partial charge in [0.05, 0.1) is 44.2 Å². The maximum absolute atomic E-state index is 5.61. The molecule has 1 N–H and O–H groups in total. The molecule has 2 aliphatic rings. The highest BCUT2D eigenvalue weighted by atomic mass is 16.5. The Bertz CT molecular complexity index is 978. The van der Waals surface area contributed by atoms with Gasteiger partial charge in [0.25, 0.3) is 0 Å². The molecular formula is C19H22N6O2. The van der Waals surface area contributed by atoms with Gasteiger partial charge >= 0.3 is 0 Å². The number of hydrogen-bond donors (Lipinski definition) is 1. The highest BCUT2D eigenvalue weighted by Crippen LogP contribution is 2.31. The molecule has 5 heterocycles. The topological polar surface area (TPSA) is 80.6 Å². The van der Waals surface area contributed by atoms with Crippen LogP contribution in [0.3, 0.4) is 0 Å². The van der Waals surface area contributed by atoms with Gasteiger partial charge in [0, 0.05) is 18.3 Å². The number of rotatable bonds is 3. The molecule has 0 amide bonds. The molecule has 0 spiro atoms. The van der Waals surface area contributed by atoms with E-state index < -0.39 is 0 Å². The number of imidazole rings is 1. The number of nitrogens with one attached hydrogen (secondary N) is 1. The molecule has 140 valence electrons. The lowest BCUT2D eigenvalue weighted by molar-refractivity contribution is 0.0984. The largest absolute Gasteiger partial charge is 0.377 e. The van der Waals surface area contributed by atoms with Crippen molar-refractivity contribution in [3.63, 3.8) is 0 Å². The first-order chi connectivity index (χ1) is 13.3. The Morgan fingerprint density at radius 2 is 2.22 bits per heavy atom. The first-order valence-electron chi connectivity index (χ1n) is 9.31. The van der Waals surface area contributed by atoms with Gasteiger partial charge in [-0.05, 0) is 31.1 Å². The normalized spacial score (nSPS) is 20.9. The van der Waals surface area contributed by atoms with Crippen LogP contribution in [0.4, 0.5) is 5.82 Å². The van der Waals surface area contributed by atoms with Gasteiger partial charge in [-0.3, -0.25) is 5.10 Å². The van der Waals surface area contributed by atoms with Crippen molar-refractivity contribution in [3.8, 4) is 11.5 Å². The lowest BCUT2D eigenvalue weighted by atomic mass is 10.0. The molecule has 1 unspecified atom stereocenters. The van der Waals surface area contributed by atoms with E-state index in [1.807, 2.05) is 16.8 Å². The zero-order valence-corrected chi connectivity index (χ0v) is 15.3. The molecule has 0 saturated carbocycles. The molecule has 0 radical (unpaired) electrons. The van der Waals surface area contributed by atoms with E-state index in [2.05, 4.69) is 39.1 Å². The van der Waals surface area contributed by atoms with Crippen LogP contribution >= 0.6 is 0 Å². The molecule has 3 aromatic heterocycles. The Balaban J connectivity index is 1.70. The van der Waals surface area contributed by atoms with Gasteiger partial charge in [-0.15, -0.1) is 5.10 Å². The molecule has 2 aliphatic heterocycles. The summed E-state index contributed by atoms with van der Waals surface area (Å²) in [4.78, 5) is 6.93. The lowest BCUT2D eigenvalue weighted by Gasteiger charge is -2.34. The number of H-pyrrole nitrogens is 1. The van der Waals surface area contributed by atoms with Crippen molar-refractivity contribution in [1.29, 1.82) is 0 Å². The molecule has 1 saturated heterocycles. The number of morpholine rings is 1. The summed E-state index contributed by atoms with van der Waals surface area (Å²) in [7, 11) is 0. The van der Waals surface area contributed by atoms with Crippen LogP contribution in [-0.2, 0) is 9.47 Å². The standard InChI is InChI=1S/C19H22N6O2/c1-13-12-27-9-6-24(13)18-10-15(14-3-7-26-8-4-14)17-11-20-19(25(17)23-18)16-2-5-21-22-16/h2-3,5,10-11,13H,4,6-9,12H2,1H3,(H,21,22). The van der Waals surface area contributed by atoms with Crippen LogP contribution in [0.5, 0.6) is 0 Å². The fraction of sp³-hybridized carbons (Fsp3) is 0.421. The third-order valence-corrected chi connectivity index (χ3v) is 5.20. The van der Waals surface area contributed by atoms with Gasteiger partial charge in [0.2, 0.25) is 0 Å². The first kappa shape index (κ1) is 16.5. The van der Waals surface area contributed by atoms with E-state index in [1.165, 1.54) is 11.1 Å². The minimum Gasteiger partial charge on any atom is -0.377 e. The zero-order valence-electron chi connectivity index (χ0n) is 15.3. The molecule has 8 heteroatoms. The molecule has 5 rings (SSSR count). The van der Waals surface area contributed by atoms with E-state index in [-0.39, 0.29) is 6.04 Å². The monoisotopic (exact) mass is 366 g/mol. The molecule has 0 bridgehead atoms. The fourth-order valence-electron chi connectivity index (χ4n) is 3.77. The van der Waals surface area contributed by atoms with Gasteiger partial charge in [-0.25, -0.2) is 9.50 Å². The smallest absolute Gasteiger partial charge is 0.179 e. The predicted octanol–water partition coefficient (Wildman–Crippen LogP) is 2.15. The van der Waals surface area contributed by atoms with Crippen LogP contribution in [0.25, 0.3) is 22.6 Å². The number of hydrogen-bond acceptors (Lipinski definition) is 6. The molecular weight excluding hydrogens is 344 g/mol. The second-order valence-electron chi connectivity index (χ2n) is 6.94. The Morgan fingerprint density at radius 1 is 1.26 bits per heavy atom. The Kier molecular flexibility index (Phi) is 4.14. The van der Waals surface area contributed by atoms with E-state index in [4.69, 9.17) is 14.6 Å². The predicted molar refractivity (Wildman–Crippen MR) is 102 cm³/mol. The van der Waals surface area contributed by atoms with Crippen molar-refractivity contribution in [3.05, 3.63) is 36.2 Å². The summed E-state index contributed by atoms with van der Waals surface area (Å²) in [6.07, 6.45) is 6.67. The summed E-state index contributed by atoms with van der Waals surface area (Å²) in [6, 6.07) is 4.37. The summed E-state index contributed by atoms with van der Waals surface area (Å²) < 4.78 is 13.0. The van der Waals surface area contributed by atoms with Crippen LogP contribution in [-0.4, -0.2) is 63.8 Å². The highest BCUT2D eigenvalue weighted by Gasteiger charge is 2.24. The Morgan fingerprint density at radius 3 is 3.00 bits per heavy atom. The highest BCUT2D eigenvalue weighted by molar-refractivity contribution is 5.81. The summed E-state index contributed by atoms with van der Waals surface area (Å²) in [6.45, 7) is 5.81. The van der Waals surface area contributed by atoms with Gasteiger partial charge in [-0.1, -0.05) is 6.08 Å². The van der Waals surface area contributed by atoms with E-state index in [9.17, 15) is 0 Å². The number of aromatic amines is 1. The van der Waals surface area contributed by atoms with Crippen LogP contribution in [0.2, 0.25) is 0 Å². The van der Waals surface area contributed by atoms with E-state index >= 15 is 0 Å². The Labute approximate surface area is 156 Å². The van der Waals surface area contributed by atoms with E-state index in [0.29, 0.717) is 19.8 Å². The van der Waals surface area contributed by atoms with E-state index in [0.717, 1.165) is 42.4 Å². The van der Waals surface area contributed by atoms with Gasteiger partial charge in [0.1, 0.15) is 5.69 Å². The second-order valence-corrected chi connectivity index (χ2v) is 6.94. The van der Waals surface area contributed by atoms with Crippen molar-refractivity contribution in [2.24, 2.45) is 0 Å². The van der Waals surface area contributed by atoms with Gasteiger partial charge < -0.3 is 14.4 Å². The fourth-order valence-corrected chi connectivity index (χ4v) is 3.77. The van der Waals surface area contributed by atoms with E-state index in [1.54, 1.807) is 6.20 Å². The number of nitrogens with zero attached hydrogens (tertiary/aromatic N) is 5. The summed E-state index contributed by atoms with van der Waals surface area (Å²) in [5.74, 6) is 1.71. The molecule has 3 aromatic rings. The maximum atomic E-state index is 5.61. The molecule has 1 fully saturated rings. The number of ether oxygens (including phenoxy) is 2. The molecule has 8 nitrogen and oxygen atoms in total. The van der Waals surface area contributed by atoms with Crippen molar-refractivity contribution in [1.82, 2.24) is 24.8 Å². The minimum atomic E-state index is 0.277. The number of anilines is 1. The van der Waals surface area contributed by atoms with Crippen molar-refractivity contribution in [2.45, 2.75) is 19.4 Å². The molecule has 0 aliphatic carbocycles. The molecule has 1 atom stereocenters. The SMILES string of the molecule is CC1COCCN1c1cc(C2=CCOCC2)c2cnc(-c3ccn[nH]3)n2n1. The third-order valence-electron chi connectivity index (χ3n) is 5.20. The van der Waals surface area contributed by atoms with Gasteiger partial charge in [-0.2, -0.15) is 5.10 Å². The number of fused-ring (bicyclic) bond motifs is 1. The quantitative estimate of drug-likeness (QED) is 0.765. The maximum Gasteiger partial charge on any atom is 0.179 e. The van der Waals surface area contributed by atoms with Gasteiger partial charge in [0.15, 0.2) is 11.6 Å². The van der Waals surface area contributed by atoms with Crippen LogP contribution in [0.1, 0.15) is 18.9 Å².